The topological polar surface area (TPSA) is 62.3 Å². The number of para-hydroxylation sites is 1. The second kappa shape index (κ2) is 4.86. The number of carbonyl (C=O) groups excluding carboxylic acids is 2. The van der Waals surface area contributed by atoms with E-state index in [2.05, 4.69) is 26.2 Å². The maximum absolute atomic E-state index is 12.0. The van der Waals surface area contributed by atoms with Gasteiger partial charge in [-0.05, 0) is 28.1 Å². The van der Waals surface area contributed by atoms with E-state index in [0.717, 1.165) is 15.4 Å². The van der Waals surface area contributed by atoms with Gasteiger partial charge in [0, 0.05) is 22.6 Å². The maximum Gasteiger partial charge on any atom is 0.328 e. The fraction of sp³-hybridized carbons (Fsp3) is 0.214. The summed E-state index contributed by atoms with van der Waals surface area (Å²) >= 11 is 3.38. The van der Waals surface area contributed by atoms with Gasteiger partial charge in [-0.1, -0.05) is 19.1 Å². The van der Waals surface area contributed by atoms with E-state index in [1.165, 1.54) is 0 Å². The lowest BCUT2D eigenvalue weighted by Crippen LogP contribution is -2.54. The van der Waals surface area contributed by atoms with Crippen LogP contribution in [0.3, 0.4) is 0 Å². The lowest BCUT2D eigenvalue weighted by molar-refractivity contribution is -0.123. The highest BCUT2D eigenvalue weighted by molar-refractivity contribution is 9.10. The van der Waals surface area contributed by atoms with Crippen molar-refractivity contribution in [2.24, 2.45) is 5.92 Å². The van der Waals surface area contributed by atoms with Crippen LogP contribution in [-0.4, -0.2) is 23.5 Å². The molecule has 2 heterocycles. The first-order valence-corrected chi connectivity index (χ1v) is 7.02. The molecule has 5 nitrogen and oxygen atoms in total. The van der Waals surface area contributed by atoms with E-state index in [1.54, 1.807) is 18.0 Å². The Morgan fingerprint density at radius 1 is 1.40 bits per heavy atom. The Hall–Kier alpha value is -1.95. The molecule has 102 valence electrons. The molecule has 20 heavy (non-hydrogen) atoms. The van der Waals surface area contributed by atoms with Gasteiger partial charge in [0.25, 0.3) is 0 Å². The normalized spacial score (nSPS) is 19.3. The number of rotatable bonds is 1. The number of amides is 3. The number of benzene rings is 1. The smallest absolute Gasteiger partial charge is 0.291 e. The molecule has 1 aromatic heterocycles. The average Bonchev–Trinajstić information content (AvgIpc) is 2.42. The van der Waals surface area contributed by atoms with Crippen LogP contribution < -0.4 is 10.2 Å². The molecular weight excluding hydrogens is 322 g/mol. The van der Waals surface area contributed by atoms with E-state index in [4.69, 9.17) is 0 Å². The fourth-order valence-electron chi connectivity index (χ4n) is 2.28. The number of aromatic nitrogens is 1. The van der Waals surface area contributed by atoms with Gasteiger partial charge in [-0.2, -0.15) is 0 Å². The van der Waals surface area contributed by atoms with Crippen LogP contribution in [0.1, 0.15) is 6.92 Å². The first kappa shape index (κ1) is 13.1. The zero-order chi connectivity index (χ0) is 14.3. The van der Waals surface area contributed by atoms with Gasteiger partial charge < -0.3 is 0 Å². The lowest BCUT2D eigenvalue weighted by Gasteiger charge is -2.30. The summed E-state index contributed by atoms with van der Waals surface area (Å²) in [5.41, 5.74) is 1.46. The number of carbonyl (C=O) groups is 2. The standard InChI is InChI=1S/C14H12BrN3O2/c1-8-7-18(14(20)17-13(8)19)11-4-2-3-9-5-10(15)6-16-12(9)11/h2-6,8H,7H2,1H3,(H,17,19,20). The minimum absolute atomic E-state index is 0.234. The number of imide groups is 1. The van der Waals surface area contributed by atoms with E-state index in [1.807, 2.05) is 24.3 Å². The number of urea groups is 1. The highest BCUT2D eigenvalue weighted by atomic mass is 79.9. The van der Waals surface area contributed by atoms with Crippen molar-refractivity contribution in [1.82, 2.24) is 10.3 Å². The van der Waals surface area contributed by atoms with Crippen LogP contribution >= 0.6 is 15.9 Å². The molecule has 0 saturated carbocycles. The number of hydrogen-bond acceptors (Lipinski definition) is 3. The molecule has 1 fully saturated rings. The maximum atomic E-state index is 12.0. The molecule has 0 bridgehead atoms. The number of pyridine rings is 1. The monoisotopic (exact) mass is 333 g/mol. The Labute approximate surface area is 124 Å². The van der Waals surface area contributed by atoms with Crippen molar-refractivity contribution in [3.63, 3.8) is 0 Å². The Balaban J connectivity index is 2.10. The van der Waals surface area contributed by atoms with E-state index < -0.39 is 6.03 Å². The van der Waals surface area contributed by atoms with Gasteiger partial charge in [0.05, 0.1) is 17.1 Å². The second-order valence-electron chi connectivity index (χ2n) is 4.81. The summed E-state index contributed by atoms with van der Waals surface area (Å²) in [7, 11) is 0. The van der Waals surface area contributed by atoms with Crippen LogP contribution in [0.4, 0.5) is 10.5 Å². The number of fused-ring (bicyclic) bond motifs is 1. The van der Waals surface area contributed by atoms with E-state index >= 15 is 0 Å². The number of hydrogen-bond donors (Lipinski definition) is 1. The minimum atomic E-state index is -0.398. The third kappa shape index (κ3) is 2.16. The van der Waals surface area contributed by atoms with Crippen molar-refractivity contribution >= 4 is 44.5 Å². The summed E-state index contributed by atoms with van der Waals surface area (Å²) in [5.74, 6) is -0.472. The molecule has 0 radical (unpaired) electrons. The molecule has 6 heteroatoms. The zero-order valence-corrected chi connectivity index (χ0v) is 12.3. The van der Waals surface area contributed by atoms with Crippen molar-refractivity contribution in [2.75, 3.05) is 11.4 Å². The van der Waals surface area contributed by atoms with Crippen LogP contribution in [0, 0.1) is 5.92 Å². The number of nitrogens with one attached hydrogen (secondary N) is 1. The summed E-state index contributed by atoms with van der Waals surface area (Å²) in [6.07, 6.45) is 1.70. The van der Waals surface area contributed by atoms with Gasteiger partial charge in [-0.25, -0.2) is 4.79 Å². The van der Waals surface area contributed by atoms with E-state index in [0.29, 0.717) is 12.2 Å². The number of nitrogens with zero attached hydrogens (tertiary/aromatic N) is 2. The zero-order valence-electron chi connectivity index (χ0n) is 10.8. The van der Waals surface area contributed by atoms with Crippen molar-refractivity contribution in [3.05, 3.63) is 34.9 Å². The van der Waals surface area contributed by atoms with Crippen molar-refractivity contribution in [3.8, 4) is 0 Å². The van der Waals surface area contributed by atoms with Gasteiger partial charge >= 0.3 is 6.03 Å². The summed E-state index contributed by atoms with van der Waals surface area (Å²) in [6.45, 7) is 2.16. The fourth-order valence-corrected chi connectivity index (χ4v) is 2.63. The highest BCUT2D eigenvalue weighted by Gasteiger charge is 2.31. The van der Waals surface area contributed by atoms with Crippen molar-refractivity contribution in [1.29, 1.82) is 0 Å². The van der Waals surface area contributed by atoms with E-state index in [-0.39, 0.29) is 11.8 Å². The molecule has 1 aliphatic rings. The highest BCUT2D eigenvalue weighted by Crippen LogP contribution is 2.28. The van der Waals surface area contributed by atoms with E-state index in [9.17, 15) is 9.59 Å². The summed E-state index contributed by atoms with van der Waals surface area (Å²) in [5, 5.41) is 3.30. The van der Waals surface area contributed by atoms with Crippen molar-refractivity contribution in [2.45, 2.75) is 6.92 Å². The predicted octanol–water partition coefficient (Wildman–Crippen LogP) is 2.69. The third-order valence-electron chi connectivity index (χ3n) is 3.33. The van der Waals surface area contributed by atoms with Crippen LogP contribution in [-0.2, 0) is 4.79 Å². The number of anilines is 1. The predicted molar refractivity (Wildman–Crippen MR) is 79.5 cm³/mol. The van der Waals surface area contributed by atoms with Gasteiger partial charge in [0.2, 0.25) is 5.91 Å². The SMILES string of the molecule is CC1CN(c2cccc3cc(Br)cnc23)C(=O)NC1=O. The Morgan fingerprint density at radius 2 is 2.20 bits per heavy atom. The first-order chi connectivity index (χ1) is 9.56. The molecular formula is C14H12BrN3O2. The minimum Gasteiger partial charge on any atom is -0.291 e. The first-order valence-electron chi connectivity index (χ1n) is 6.23. The Kier molecular flexibility index (Phi) is 3.17. The molecule has 1 N–H and O–H groups in total. The van der Waals surface area contributed by atoms with Gasteiger partial charge in [-0.3, -0.25) is 20.0 Å². The van der Waals surface area contributed by atoms with Crippen LogP contribution in [0.25, 0.3) is 10.9 Å². The van der Waals surface area contributed by atoms with Crippen LogP contribution in [0.15, 0.2) is 34.9 Å². The number of halogens is 1. The molecule has 1 atom stereocenters. The molecule has 1 unspecified atom stereocenters. The molecule has 0 spiro atoms. The molecule has 1 saturated heterocycles. The molecule has 3 amide bonds. The summed E-state index contributed by atoms with van der Waals surface area (Å²) in [6, 6.07) is 7.20. The lowest BCUT2D eigenvalue weighted by atomic mass is 10.1. The molecule has 1 aliphatic heterocycles. The molecule has 3 rings (SSSR count). The molecule has 0 aliphatic carbocycles. The van der Waals surface area contributed by atoms with Gasteiger partial charge in [-0.15, -0.1) is 0 Å². The quantitative estimate of drug-likeness (QED) is 0.872. The van der Waals surface area contributed by atoms with Gasteiger partial charge in [0.1, 0.15) is 0 Å². The van der Waals surface area contributed by atoms with Gasteiger partial charge in [0.15, 0.2) is 0 Å². The summed E-state index contributed by atoms with van der Waals surface area (Å²) in [4.78, 5) is 29.5. The largest absolute Gasteiger partial charge is 0.328 e. The second-order valence-corrected chi connectivity index (χ2v) is 5.72. The molecule has 2 aromatic rings. The Bertz CT molecular complexity index is 717. The third-order valence-corrected chi connectivity index (χ3v) is 3.76. The Morgan fingerprint density at radius 3 is 3.00 bits per heavy atom. The van der Waals surface area contributed by atoms with Crippen LogP contribution in [0.2, 0.25) is 0 Å². The molecule has 1 aromatic carbocycles. The van der Waals surface area contributed by atoms with Crippen molar-refractivity contribution < 1.29 is 9.59 Å². The van der Waals surface area contributed by atoms with Crippen LogP contribution in [0.5, 0.6) is 0 Å². The average molecular weight is 334 g/mol. The summed E-state index contributed by atoms with van der Waals surface area (Å²) < 4.78 is 0.883.